The van der Waals surface area contributed by atoms with Crippen LogP contribution in [0, 0.1) is 0 Å². The monoisotopic (exact) mass is 426 g/mol. The van der Waals surface area contributed by atoms with Crippen LogP contribution in [0.15, 0.2) is 72.8 Å². The van der Waals surface area contributed by atoms with Gasteiger partial charge in [0.2, 0.25) is 0 Å². The van der Waals surface area contributed by atoms with E-state index in [0.717, 1.165) is 45.6 Å². The summed E-state index contributed by atoms with van der Waals surface area (Å²) in [6, 6.07) is 25.1. The number of para-hydroxylation sites is 3. The van der Waals surface area contributed by atoms with Gasteiger partial charge < -0.3 is 9.76 Å². The molecule has 0 saturated heterocycles. The van der Waals surface area contributed by atoms with Crippen molar-refractivity contribution >= 4 is 24.0 Å². The van der Waals surface area contributed by atoms with Crippen molar-refractivity contribution in [3.8, 4) is 16.8 Å². The average molecular weight is 426 g/mol. The fourth-order valence-electron chi connectivity index (χ4n) is 3.82. The Hall–Kier alpha value is -2.89. The van der Waals surface area contributed by atoms with Gasteiger partial charge in [0.05, 0.1) is 27.9 Å². The standard InChI is InChI=1S/C27H31BN2O2/c1-6-25-29-22-16-10-12-18-24(22)30(25)23-17-11-8-14-20(23)19-13-7-9-15-21(19)28-32-27(4,5)26(2,3)31/h7-18,28,31H,6H2,1-5H3. The van der Waals surface area contributed by atoms with Crippen molar-refractivity contribution in [2.45, 2.75) is 52.2 Å². The molecule has 1 aromatic heterocycles. The maximum atomic E-state index is 10.5. The van der Waals surface area contributed by atoms with Crippen molar-refractivity contribution in [1.29, 1.82) is 0 Å². The van der Waals surface area contributed by atoms with Crippen LogP contribution in [0.3, 0.4) is 0 Å². The van der Waals surface area contributed by atoms with Crippen LogP contribution in [0.5, 0.6) is 0 Å². The first-order valence-electron chi connectivity index (χ1n) is 11.2. The molecule has 0 radical (unpaired) electrons. The summed E-state index contributed by atoms with van der Waals surface area (Å²) < 4.78 is 8.49. The highest BCUT2D eigenvalue weighted by Crippen LogP contribution is 2.31. The zero-order valence-electron chi connectivity index (χ0n) is 19.6. The maximum absolute atomic E-state index is 10.5. The second-order valence-corrected chi connectivity index (χ2v) is 9.24. The third-order valence-corrected chi connectivity index (χ3v) is 6.46. The van der Waals surface area contributed by atoms with Crippen LogP contribution in [0.1, 0.15) is 40.4 Å². The first-order valence-corrected chi connectivity index (χ1v) is 11.2. The lowest BCUT2D eigenvalue weighted by atomic mass is 9.78. The molecule has 4 rings (SSSR count). The van der Waals surface area contributed by atoms with E-state index in [1.165, 1.54) is 0 Å². The Morgan fingerprint density at radius 2 is 1.50 bits per heavy atom. The van der Waals surface area contributed by atoms with Gasteiger partial charge in [0.1, 0.15) is 5.82 Å². The highest BCUT2D eigenvalue weighted by Gasteiger charge is 2.35. The molecular formula is C27H31BN2O2. The predicted molar refractivity (Wildman–Crippen MR) is 134 cm³/mol. The van der Waals surface area contributed by atoms with Gasteiger partial charge in [0.15, 0.2) is 0 Å². The minimum atomic E-state index is -0.953. The normalized spacial score (nSPS) is 12.3. The summed E-state index contributed by atoms with van der Waals surface area (Å²) in [7, 11) is 0.410. The number of rotatable bonds is 7. The van der Waals surface area contributed by atoms with Crippen LogP contribution in [-0.2, 0) is 11.1 Å². The molecule has 4 nitrogen and oxygen atoms in total. The third kappa shape index (κ3) is 4.11. The summed E-state index contributed by atoms with van der Waals surface area (Å²) in [5.74, 6) is 1.04. The van der Waals surface area contributed by atoms with Crippen molar-refractivity contribution in [2.75, 3.05) is 0 Å². The zero-order chi connectivity index (χ0) is 22.9. The topological polar surface area (TPSA) is 47.3 Å². The largest absolute Gasteiger partial charge is 0.427 e. The van der Waals surface area contributed by atoms with Gasteiger partial charge in [0.25, 0.3) is 0 Å². The molecule has 0 amide bonds. The van der Waals surface area contributed by atoms with E-state index in [1.807, 2.05) is 26.0 Å². The van der Waals surface area contributed by atoms with Crippen LogP contribution in [0.25, 0.3) is 27.8 Å². The van der Waals surface area contributed by atoms with Gasteiger partial charge in [-0.2, -0.15) is 0 Å². The maximum Gasteiger partial charge on any atom is 0.310 e. The summed E-state index contributed by atoms with van der Waals surface area (Å²) in [6.45, 7) is 9.56. The number of hydrogen-bond acceptors (Lipinski definition) is 3. The molecule has 32 heavy (non-hydrogen) atoms. The number of hydrogen-bond donors (Lipinski definition) is 1. The van der Waals surface area contributed by atoms with Gasteiger partial charge in [-0.15, -0.1) is 0 Å². The van der Waals surface area contributed by atoms with Crippen LogP contribution in [-0.4, -0.2) is 33.3 Å². The van der Waals surface area contributed by atoms with E-state index in [1.54, 1.807) is 13.8 Å². The average Bonchev–Trinajstić information content (AvgIpc) is 3.16. The molecule has 0 aliphatic carbocycles. The SMILES string of the molecule is CCc1nc2ccccc2n1-c1ccccc1-c1ccccc1BOC(C)(C)C(C)(C)O. The molecule has 0 saturated carbocycles. The van der Waals surface area contributed by atoms with Crippen molar-refractivity contribution < 1.29 is 9.76 Å². The molecule has 0 atom stereocenters. The minimum absolute atomic E-state index is 0.410. The third-order valence-electron chi connectivity index (χ3n) is 6.46. The summed E-state index contributed by atoms with van der Waals surface area (Å²) in [4.78, 5) is 4.87. The van der Waals surface area contributed by atoms with Gasteiger partial charge in [-0.3, -0.25) is 4.57 Å². The molecular weight excluding hydrogens is 395 g/mol. The lowest BCUT2D eigenvalue weighted by molar-refractivity contribution is -0.0893. The molecule has 4 aromatic rings. The fraction of sp³-hybridized carbons (Fsp3) is 0.296. The number of fused-ring (bicyclic) bond motifs is 1. The van der Waals surface area contributed by atoms with Gasteiger partial charge in [-0.25, -0.2) is 4.98 Å². The number of aryl methyl sites for hydroxylation is 1. The molecule has 1 heterocycles. The Balaban J connectivity index is 1.82. The molecule has 0 spiro atoms. The summed E-state index contributed by atoms with van der Waals surface area (Å²) in [5.41, 5.74) is 4.91. The van der Waals surface area contributed by atoms with Crippen LogP contribution < -0.4 is 5.46 Å². The Labute approximate surface area is 191 Å². The molecule has 0 aliphatic rings. The highest BCUT2D eigenvalue weighted by molar-refractivity contribution is 6.49. The number of imidazole rings is 1. The van der Waals surface area contributed by atoms with Crippen LogP contribution in [0.4, 0.5) is 0 Å². The van der Waals surface area contributed by atoms with Gasteiger partial charge in [-0.1, -0.05) is 61.5 Å². The summed E-state index contributed by atoms with van der Waals surface area (Å²) in [6.07, 6.45) is 0.841. The quantitative estimate of drug-likeness (QED) is 0.432. The Morgan fingerprint density at radius 1 is 0.875 bits per heavy atom. The molecule has 0 fully saturated rings. The number of nitrogens with zero attached hydrogens (tertiary/aromatic N) is 2. The van der Waals surface area contributed by atoms with E-state index in [0.29, 0.717) is 7.48 Å². The number of aromatic nitrogens is 2. The lowest BCUT2D eigenvalue weighted by Gasteiger charge is -2.37. The Kier molecular flexibility index (Phi) is 5.98. The first-order chi connectivity index (χ1) is 15.2. The molecule has 0 unspecified atom stereocenters. The van der Waals surface area contributed by atoms with Crippen molar-refractivity contribution in [2.24, 2.45) is 0 Å². The molecule has 0 aliphatic heterocycles. The van der Waals surface area contributed by atoms with E-state index in [2.05, 4.69) is 72.2 Å². The van der Waals surface area contributed by atoms with Crippen molar-refractivity contribution in [3.05, 3.63) is 78.6 Å². The second-order valence-electron chi connectivity index (χ2n) is 9.24. The van der Waals surface area contributed by atoms with Crippen LogP contribution >= 0.6 is 0 Å². The molecule has 3 aromatic carbocycles. The molecule has 1 N–H and O–H groups in total. The summed E-state index contributed by atoms with van der Waals surface area (Å²) in [5, 5.41) is 10.5. The first kappa shape index (κ1) is 22.3. The van der Waals surface area contributed by atoms with Crippen molar-refractivity contribution in [3.63, 3.8) is 0 Å². The Bertz CT molecular complexity index is 1240. The number of benzene rings is 3. The predicted octanol–water partition coefficient (Wildman–Crippen LogP) is 4.80. The Morgan fingerprint density at radius 3 is 2.22 bits per heavy atom. The van der Waals surface area contributed by atoms with E-state index in [-0.39, 0.29) is 0 Å². The highest BCUT2D eigenvalue weighted by atomic mass is 16.5. The van der Waals surface area contributed by atoms with Gasteiger partial charge >= 0.3 is 7.48 Å². The summed E-state index contributed by atoms with van der Waals surface area (Å²) >= 11 is 0. The van der Waals surface area contributed by atoms with E-state index in [4.69, 9.17) is 9.64 Å². The van der Waals surface area contributed by atoms with E-state index in [9.17, 15) is 5.11 Å². The van der Waals surface area contributed by atoms with Gasteiger partial charge in [-0.05, 0) is 56.9 Å². The van der Waals surface area contributed by atoms with E-state index < -0.39 is 11.2 Å². The molecule has 0 bridgehead atoms. The minimum Gasteiger partial charge on any atom is -0.427 e. The molecule has 5 heteroatoms. The van der Waals surface area contributed by atoms with E-state index >= 15 is 0 Å². The van der Waals surface area contributed by atoms with Crippen LogP contribution in [0.2, 0.25) is 0 Å². The van der Waals surface area contributed by atoms with Crippen molar-refractivity contribution in [1.82, 2.24) is 9.55 Å². The fourth-order valence-corrected chi connectivity index (χ4v) is 3.82. The number of aliphatic hydroxyl groups is 1. The smallest absolute Gasteiger partial charge is 0.310 e. The van der Waals surface area contributed by atoms with Gasteiger partial charge in [0, 0.05) is 12.0 Å². The lowest BCUT2D eigenvalue weighted by Crippen LogP contribution is -2.49. The molecule has 164 valence electrons. The zero-order valence-corrected chi connectivity index (χ0v) is 19.6. The second kappa shape index (κ2) is 8.57.